The third-order valence-electron chi connectivity index (χ3n) is 6.95. The molecule has 1 atom stereocenters. The van der Waals surface area contributed by atoms with Gasteiger partial charge in [-0.15, -0.1) is 0 Å². The number of piperidine rings is 2. The topological polar surface area (TPSA) is 92.4 Å². The number of ether oxygens (including phenoxy) is 3. The third kappa shape index (κ3) is 6.91. The normalized spacial score (nSPS) is 19.4. The second-order valence-electron chi connectivity index (χ2n) is 9.21. The minimum Gasteiger partial charge on any atom is -0.493 e. The summed E-state index contributed by atoms with van der Waals surface area (Å²) in [5.74, 6) is 1.87. The van der Waals surface area contributed by atoms with Crippen molar-refractivity contribution < 1.29 is 23.8 Å². The SMILES string of the molecule is COc1cc(NC(=O)N2CCC(CC(=O)NCCN3CCCC[C@H]3C)CC2)cc(OC)c1OC. The monoisotopic (exact) mass is 476 g/mol. The number of hydrogen-bond donors (Lipinski definition) is 2. The summed E-state index contributed by atoms with van der Waals surface area (Å²) in [6.45, 7) is 6.28. The molecule has 2 fully saturated rings. The lowest BCUT2D eigenvalue weighted by Gasteiger charge is -2.33. The van der Waals surface area contributed by atoms with Gasteiger partial charge in [0.2, 0.25) is 11.7 Å². The van der Waals surface area contributed by atoms with Gasteiger partial charge in [-0.05, 0) is 45.1 Å². The third-order valence-corrected chi connectivity index (χ3v) is 6.95. The molecule has 0 saturated carbocycles. The summed E-state index contributed by atoms with van der Waals surface area (Å²) in [7, 11) is 4.62. The molecule has 0 bridgehead atoms. The molecule has 2 saturated heterocycles. The summed E-state index contributed by atoms with van der Waals surface area (Å²) in [6.07, 6.45) is 5.98. The number of nitrogens with one attached hydrogen (secondary N) is 2. The molecule has 0 aliphatic carbocycles. The van der Waals surface area contributed by atoms with E-state index in [1.165, 1.54) is 40.6 Å². The number of hydrogen-bond acceptors (Lipinski definition) is 6. The van der Waals surface area contributed by atoms with E-state index in [0.29, 0.717) is 61.0 Å². The van der Waals surface area contributed by atoms with Crippen molar-refractivity contribution in [2.45, 2.75) is 51.5 Å². The summed E-state index contributed by atoms with van der Waals surface area (Å²) in [5.41, 5.74) is 0.573. The van der Waals surface area contributed by atoms with Crippen LogP contribution in [0.25, 0.3) is 0 Å². The number of benzene rings is 1. The van der Waals surface area contributed by atoms with Gasteiger partial charge in [-0.3, -0.25) is 9.69 Å². The highest BCUT2D eigenvalue weighted by atomic mass is 16.5. The average molecular weight is 477 g/mol. The zero-order valence-corrected chi connectivity index (χ0v) is 21.0. The van der Waals surface area contributed by atoms with E-state index in [2.05, 4.69) is 22.5 Å². The van der Waals surface area contributed by atoms with Crippen LogP contribution < -0.4 is 24.8 Å². The van der Waals surface area contributed by atoms with E-state index >= 15 is 0 Å². The molecule has 9 heteroatoms. The number of carbonyl (C=O) groups is 2. The van der Waals surface area contributed by atoms with Gasteiger partial charge in [0.1, 0.15) is 0 Å². The number of urea groups is 1. The molecular formula is C25H40N4O5. The van der Waals surface area contributed by atoms with Crippen LogP contribution in [0, 0.1) is 5.92 Å². The van der Waals surface area contributed by atoms with E-state index in [1.807, 2.05) is 0 Å². The van der Waals surface area contributed by atoms with Gasteiger partial charge in [0.05, 0.1) is 27.0 Å². The number of amides is 3. The van der Waals surface area contributed by atoms with E-state index in [0.717, 1.165) is 25.9 Å². The Morgan fingerprint density at radius 3 is 2.24 bits per heavy atom. The standard InChI is InChI=1S/C25H40N4O5/c1-18-7-5-6-11-28(18)14-10-26-23(30)15-19-8-12-29(13-9-19)25(31)27-20-16-21(32-2)24(34-4)22(17-20)33-3/h16-19H,5-15H2,1-4H3,(H,26,30)(H,27,31)/t18-/m1/s1. The summed E-state index contributed by atoms with van der Waals surface area (Å²) < 4.78 is 16.0. The maximum atomic E-state index is 12.8. The van der Waals surface area contributed by atoms with Crippen molar-refractivity contribution in [3.63, 3.8) is 0 Å². The van der Waals surface area contributed by atoms with Crippen molar-refractivity contribution >= 4 is 17.6 Å². The Kier molecular flexibility index (Phi) is 9.68. The molecule has 9 nitrogen and oxygen atoms in total. The molecule has 34 heavy (non-hydrogen) atoms. The van der Waals surface area contributed by atoms with E-state index in [4.69, 9.17) is 14.2 Å². The highest BCUT2D eigenvalue weighted by Crippen LogP contribution is 2.40. The van der Waals surface area contributed by atoms with E-state index < -0.39 is 0 Å². The largest absolute Gasteiger partial charge is 0.493 e. The summed E-state index contributed by atoms with van der Waals surface area (Å²) >= 11 is 0. The molecule has 2 N–H and O–H groups in total. The lowest BCUT2D eigenvalue weighted by Crippen LogP contribution is -2.43. The number of anilines is 1. The van der Waals surface area contributed by atoms with Crippen LogP contribution in [-0.4, -0.2) is 81.8 Å². The predicted octanol–water partition coefficient (Wildman–Crippen LogP) is 3.34. The van der Waals surface area contributed by atoms with Crippen LogP contribution in [0.5, 0.6) is 17.2 Å². The fourth-order valence-corrected chi connectivity index (χ4v) is 4.86. The molecule has 1 aromatic rings. The zero-order chi connectivity index (χ0) is 24.5. The van der Waals surface area contributed by atoms with Gasteiger partial charge in [-0.25, -0.2) is 4.79 Å². The number of likely N-dealkylation sites (tertiary alicyclic amines) is 2. The molecule has 2 aliphatic heterocycles. The summed E-state index contributed by atoms with van der Waals surface area (Å²) in [5, 5.41) is 6.01. The number of nitrogens with zero attached hydrogens (tertiary/aromatic N) is 2. The Balaban J connectivity index is 1.41. The highest BCUT2D eigenvalue weighted by Gasteiger charge is 2.25. The van der Waals surface area contributed by atoms with Crippen molar-refractivity contribution in [2.24, 2.45) is 5.92 Å². The maximum absolute atomic E-state index is 12.8. The molecular weight excluding hydrogens is 436 g/mol. The number of carbonyl (C=O) groups excluding carboxylic acids is 2. The van der Waals surface area contributed by atoms with Gasteiger partial charge in [-0.2, -0.15) is 0 Å². The van der Waals surface area contributed by atoms with Gasteiger partial charge in [-0.1, -0.05) is 6.42 Å². The molecule has 0 spiro atoms. The minimum atomic E-state index is -0.173. The second-order valence-corrected chi connectivity index (χ2v) is 9.21. The Bertz CT molecular complexity index is 801. The van der Waals surface area contributed by atoms with E-state index in [1.54, 1.807) is 17.0 Å². The lowest BCUT2D eigenvalue weighted by atomic mass is 9.93. The first kappa shape index (κ1) is 25.9. The fourth-order valence-electron chi connectivity index (χ4n) is 4.86. The molecule has 0 aromatic heterocycles. The summed E-state index contributed by atoms with van der Waals surface area (Å²) in [4.78, 5) is 29.4. The second kappa shape index (κ2) is 12.7. The Hall–Kier alpha value is -2.68. The molecule has 1 aromatic carbocycles. The molecule has 0 radical (unpaired) electrons. The van der Waals surface area contributed by atoms with Gasteiger partial charge in [0, 0.05) is 50.8 Å². The van der Waals surface area contributed by atoms with Gasteiger partial charge in [0.25, 0.3) is 0 Å². The van der Waals surface area contributed by atoms with Crippen molar-refractivity contribution in [1.82, 2.24) is 15.1 Å². The Morgan fingerprint density at radius 1 is 0.971 bits per heavy atom. The van der Waals surface area contributed by atoms with Crippen LogP contribution in [0.3, 0.4) is 0 Å². The van der Waals surface area contributed by atoms with Crippen LogP contribution in [0.4, 0.5) is 10.5 Å². The fraction of sp³-hybridized carbons (Fsp3) is 0.680. The highest BCUT2D eigenvalue weighted by molar-refractivity contribution is 5.90. The van der Waals surface area contributed by atoms with Crippen LogP contribution in [0.15, 0.2) is 12.1 Å². The van der Waals surface area contributed by atoms with Crippen LogP contribution in [-0.2, 0) is 4.79 Å². The smallest absolute Gasteiger partial charge is 0.321 e. The molecule has 3 amide bonds. The first-order chi connectivity index (χ1) is 16.4. The van der Waals surface area contributed by atoms with Gasteiger partial charge in [0.15, 0.2) is 11.5 Å². The Morgan fingerprint density at radius 2 is 1.65 bits per heavy atom. The number of rotatable bonds is 9. The zero-order valence-electron chi connectivity index (χ0n) is 21.0. The predicted molar refractivity (Wildman–Crippen MR) is 132 cm³/mol. The van der Waals surface area contributed by atoms with Crippen LogP contribution >= 0.6 is 0 Å². The first-order valence-corrected chi connectivity index (χ1v) is 12.3. The molecule has 3 rings (SSSR count). The molecule has 0 unspecified atom stereocenters. The molecule has 190 valence electrons. The summed E-state index contributed by atoms with van der Waals surface area (Å²) in [6, 6.07) is 3.86. The minimum absolute atomic E-state index is 0.116. The van der Waals surface area contributed by atoms with Crippen molar-refractivity contribution in [3.05, 3.63) is 12.1 Å². The van der Waals surface area contributed by atoms with E-state index in [9.17, 15) is 9.59 Å². The van der Waals surface area contributed by atoms with Crippen molar-refractivity contribution in [3.8, 4) is 17.2 Å². The molecule has 2 heterocycles. The van der Waals surface area contributed by atoms with E-state index in [-0.39, 0.29) is 11.9 Å². The molecule has 2 aliphatic rings. The Labute approximate surface area is 203 Å². The van der Waals surface area contributed by atoms with Crippen molar-refractivity contribution in [2.75, 3.05) is 59.4 Å². The number of methoxy groups -OCH3 is 3. The maximum Gasteiger partial charge on any atom is 0.321 e. The van der Waals surface area contributed by atoms with Gasteiger partial charge < -0.3 is 29.7 Å². The van der Waals surface area contributed by atoms with Crippen LogP contribution in [0.1, 0.15) is 45.4 Å². The lowest BCUT2D eigenvalue weighted by molar-refractivity contribution is -0.122. The average Bonchev–Trinajstić information content (AvgIpc) is 2.85. The quantitative estimate of drug-likeness (QED) is 0.568. The van der Waals surface area contributed by atoms with Crippen molar-refractivity contribution in [1.29, 1.82) is 0 Å². The van der Waals surface area contributed by atoms with Crippen LogP contribution in [0.2, 0.25) is 0 Å². The first-order valence-electron chi connectivity index (χ1n) is 12.3. The van der Waals surface area contributed by atoms with Gasteiger partial charge >= 0.3 is 6.03 Å².